The maximum absolute atomic E-state index is 12.2. The first kappa shape index (κ1) is 15.6. The highest BCUT2D eigenvalue weighted by Gasteiger charge is 2.16. The lowest BCUT2D eigenvalue weighted by atomic mass is 10.1. The largest absolute Gasteiger partial charge is 0.389 e. The van der Waals surface area contributed by atoms with E-state index in [0.29, 0.717) is 11.4 Å². The molecule has 19 heavy (non-hydrogen) atoms. The SMILES string of the molecule is CCCN(C(=O)Cc1ccc(C(N)=S)cc1)C(C)C. The number of rotatable bonds is 6. The first-order valence-corrected chi connectivity index (χ1v) is 7.04. The van der Waals surface area contributed by atoms with Crippen LogP contribution in [0.2, 0.25) is 0 Å². The van der Waals surface area contributed by atoms with Crippen molar-refractivity contribution in [2.24, 2.45) is 5.73 Å². The first-order chi connectivity index (χ1) is 8.95. The molecule has 0 heterocycles. The zero-order valence-corrected chi connectivity index (χ0v) is 12.7. The summed E-state index contributed by atoms with van der Waals surface area (Å²) in [7, 11) is 0. The lowest BCUT2D eigenvalue weighted by molar-refractivity contribution is -0.132. The Bertz CT molecular complexity index is 440. The van der Waals surface area contributed by atoms with Gasteiger partial charge in [0.2, 0.25) is 5.91 Å². The van der Waals surface area contributed by atoms with E-state index in [2.05, 4.69) is 6.92 Å². The van der Waals surface area contributed by atoms with Gasteiger partial charge in [0.05, 0.1) is 6.42 Å². The highest BCUT2D eigenvalue weighted by Crippen LogP contribution is 2.09. The van der Waals surface area contributed by atoms with E-state index >= 15 is 0 Å². The first-order valence-electron chi connectivity index (χ1n) is 6.64. The minimum absolute atomic E-state index is 0.167. The molecule has 0 atom stereocenters. The second kappa shape index (κ2) is 7.24. The highest BCUT2D eigenvalue weighted by atomic mass is 32.1. The molecular weight excluding hydrogens is 256 g/mol. The van der Waals surface area contributed by atoms with Crippen LogP contribution in [0.1, 0.15) is 38.3 Å². The number of nitrogens with zero attached hydrogens (tertiary/aromatic N) is 1. The number of hydrogen-bond donors (Lipinski definition) is 1. The van der Waals surface area contributed by atoms with Crippen LogP contribution in [0.15, 0.2) is 24.3 Å². The fourth-order valence-corrected chi connectivity index (χ4v) is 2.11. The molecule has 1 aromatic rings. The Labute approximate surface area is 120 Å². The van der Waals surface area contributed by atoms with E-state index in [1.165, 1.54) is 0 Å². The maximum Gasteiger partial charge on any atom is 0.227 e. The molecule has 0 aliphatic heterocycles. The van der Waals surface area contributed by atoms with Crippen molar-refractivity contribution in [2.75, 3.05) is 6.54 Å². The van der Waals surface area contributed by atoms with Gasteiger partial charge in [-0.05, 0) is 25.8 Å². The molecule has 0 saturated heterocycles. The van der Waals surface area contributed by atoms with Crippen LogP contribution in [0.5, 0.6) is 0 Å². The summed E-state index contributed by atoms with van der Waals surface area (Å²) >= 11 is 4.91. The molecule has 3 nitrogen and oxygen atoms in total. The minimum atomic E-state index is 0.167. The fourth-order valence-electron chi connectivity index (χ4n) is 1.97. The predicted octanol–water partition coefficient (Wildman–Crippen LogP) is 2.51. The molecule has 4 heteroatoms. The molecule has 0 aromatic heterocycles. The zero-order chi connectivity index (χ0) is 14.4. The van der Waals surface area contributed by atoms with Crippen molar-refractivity contribution in [3.63, 3.8) is 0 Å². The molecule has 0 aliphatic rings. The summed E-state index contributed by atoms with van der Waals surface area (Å²) in [6, 6.07) is 7.80. The molecular formula is C15H22N2OS. The van der Waals surface area contributed by atoms with Gasteiger partial charge in [0.25, 0.3) is 0 Å². The van der Waals surface area contributed by atoms with Crippen molar-refractivity contribution in [1.82, 2.24) is 4.90 Å². The van der Waals surface area contributed by atoms with E-state index in [0.717, 1.165) is 24.1 Å². The molecule has 1 aromatic carbocycles. The Morgan fingerprint density at radius 1 is 1.32 bits per heavy atom. The molecule has 0 fully saturated rings. The summed E-state index contributed by atoms with van der Waals surface area (Å²) in [4.78, 5) is 14.5. The Morgan fingerprint density at radius 3 is 2.32 bits per heavy atom. The number of hydrogen-bond acceptors (Lipinski definition) is 2. The predicted molar refractivity (Wildman–Crippen MR) is 83.2 cm³/mol. The monoisotopic (exact) mass is 278 g/mol. The fraction of sp³-hybridized carbons (Fsp3) is 0.467. The quantitative estimate of drug-likeness (QED) is 0.813. The van der Waals surface area contributed by atoms with Crippen LogP contribution in [-0.2, 0) is 11.2 Å². The van der Waals surface area contributed by atoms with Crippen LogP contribution in [-0.4, -0.2) is 28.4 Å². The Morgan fingerprint density at radius 2 is 1.89 bits per heavy atom. The van der Waals surface area contributed by atoms with Gasteiger partial charge in [-0.25, -0.2) is 0 Å². The molecule has 0 aliphatic carbocycles. The van der Waals surface area contributed by atoms with Gasteiger partial charge in [-0.3, -0.25) is 4.79 Å². The molecule has 1 rings (SSSR count). The third kappa shape index (κ3) is 4.63. The average Bonchev–Trinajstić information content (AvgIpc) is 2.36. The van der Waals surface area contributed by atoms with Gasteiger partial charge < -0.3 is 10.6 Å². The van der Waals surface area contributed by atoms with Gasteiger partial charge in [-0.2, -0.15) is 0 Å². The van der Waals surface area contributed by atoms with Gasteiger partial charge in [-0.15, -0.1) is 0 Å². The Kier molecular flexibility index (Phi) is 5.96. The van der Waals surface area contributed by atoms with Crippen molar-refractivity contribution >= 4 is 23.1 Å². The second-order valence-electron chi connectivity index (χ2n) is 4.92. The number of benzene rings is 1. The summed E-state index contributed by atoms with van der Waals surface area (Å²) in [6.45, 7) is 6.98. The van der Waals surface area contributed by atoms with Crippen molar-refractivity contribution in [1.29, 1.82) is 0 Å². The summed E-state index contributed by atoms with van der Waals surface area (Å²) in [5.41, 5.74) is 7.37. The van der Waals surface area contributed by atoms with Crippen molar-refractivity contribution < 1.29 is 4.79 Å². The molecule has 0 spiro atoms. The van der Waals surface area contributed by atoms with Crippen molar-refractivity contribution in [3.05, 3.63) is 35.4 Å². The molecule has 0 saturated carbocycles. The maximum atomic E-state index is 12.2. The van der Waals surface area contributed by atoms with E-state index in [4.69, 9.17) is 18.0 Å². The van der Waals surface area contributed by atoms with Gasteiger partial charge in [0.1, 0.15) is 4.99 Å². The average molecular weight is 278 g/mol. The zero-order valence-electron chi connectivity index (χ0n) is 11.8. The van der Waals surface area contributed by atoms with Crippen LogP contribution < -0.4 is 5.73 Å². The summed E-state index contributed by atoms with van der Waals surface area (Å²) < 4.78 is 0. The molecule has 0 bridgehead atoms. The number of carbonyl (C=O) groups is 1. The van der Waals surface area contributed by atoms with E-state index < -0.39 is 0 Å². The van der Waals surface area contributed by atoms with E-state index in [1.54, 1.807) is 0 Å². The smallest absolute Gasteiger partial charge is 0.227 e. The van der Waals surface area contributed by atoms with Crippen LogP contribution in [0.4, 0.5) is 0 Å². The standard InChI is InChI=1S/C15H22N2OS/c1-4-9-17(11(2)3)14(18)10-12-5-7-13(8-6-12)15(16)19/h5-8,11H,4,9-10H2,1-3H3,(H2,16,19). The van der Waals surface area contributed by atoms with Gasteiger partial charge in [0.15, 0.2) is 0 Å². The molecule has 0 radical (unpaired) electrons. The molecule has 2 N–H and O–H groups in total. The number of carbonyl (C=O) groups excluding carboxylic acids is 1. The highest BCUT2D eigenvalue weighted by molar-refractivity contribution is 7.80. The normalized spacial score (nSPS) is 10.5. The Balaban J connectivity index is 2.72. The lowest BCUT2D eigenvalue weighted by Crippen LogP contribution is -2.38. The van der Waals surface area contributed by atoms with Crippen LogP contribution in [0.3, 0.4) is 0 Å². The third-order valence-corrected chi connectivity index (χ3v) is 3.24. The van der Waals surface area contributed by atoms with E-state index in [-0.39, 0.29) is 11.9 Å². The van der Waals surface area contributed by atoms with Crippen LogP contribution in [0.25, 0.3) is 0 Å². The van der Waals surface area contributed by atoms with Crippen LogP contribution in [0, 0.1) is 0 Å². The second-order valence-corrected chi connectivity index (χ2v) is 5.36. The molecule has 0 unspecified atom stereocenters. The topological polar surface area (TPSA) is 46.3 Å². The summed E-state index contributed by atoms with van der Waals surface area (Å²) in [5.74, 6) is 0.167. The third-order valence-electron chi connectivity index (χ3n) is 3.00. The van der Waals surface area contributed by atoms with E-state index in [1.807, 2.05) is 43.0 Å². The molecule has 1 amide bonds. The molecule has 104 valence electrons. The summed E-state index contributed by atoms with van der Waals surface area (Å²) in [6.07, 6.45) is 1.40. The lowest BCUT2D eigenvalue weighted by Gasteiger charge is -2.26. The minimum Gasteiger partial charge on any atom is -0.389 e. The number of amides is 1. The van der Waals surface area contributed by atoms with Gasteiger partial charge in [-0.1, -0.05) is 43.4 Å². The number of nitrogens with two attached hydrogens (primary N) is 1. The number of thiocarbonyl (C=S) groups is 1. The van der Waals surface area contributed by atoms with E-state index in [9.17, 15) is 4.79 Å². The van der Waals surface area contributed by atoms with Crippen LogP contribution >= 0.6 is 12.2 Å². The summed E-state index contributed by atoms with van der Waals surface area (Å²) in [5, 5.41) is 0. The van der Waals surface area contributed by atoms with Gasteiger partial charge >= 0.3 is 0 Å². The van der Waals surface area contributed by atoms with Gasteiger partial charge in [0, 0.05) is 18.2 Å². The Hall–Kier alpha value is -1.42. The van der Waals surface area contributed by atoms with Crippen molar-refractivity contribution in [3.8, 4) is 0 Å². The van der Waals surface area contributed by atoms with Crippen molar-refractivity contribution in [2.45, 2.75) is 39.7 Å².